The number of hydroxylamine groups is 4. The maximum atomic E-state index is 8.35. The van der Waals surface area contributed by atoms with E-state index in [0.29, 0.717) is 0 Å². The van der Waals surface area contributed by atoms with Crippen molar-refractivity contribution in [3.05, 3.63) is 0 Å². The Bertz CT molecular complexity index is 42.2. The van der Waals surface area contributed by atoms with E-state index in [1.54, 1.807) is 0 Å². The van der Waals surface area contributed by atoms with Crippen LogP contribution in [0.5, 0.6) is 0 Å². The normalized spacial score (nSPS) is 8.67. The van der Waals surface area contributed by atoms with Gasteiger partial charge in [0.15, 0.2) is 0 Å². The van der Waals surface area contributed by atoms with Crippen LogP contribution in [0.25, 0.3) is 0 Å². The zero-order chi connectivity index (χ0) is 5.86. The molecule has 0 spiro atoms. The summed E-state index contributed by atoms with van der Waals surface area (Å²) >= 11 is 0. The quantitative estimate of drug-likeness (QED) is 0.439. The maximum absolute atomic E-state index is 8.35. The molecule has 4 nitrogen and oxygen atoms in total. The molecule has 0 saturated heterocycles. The molecule has 0 fully saturated rings. The van der Waals surface area contributed by atoms with Crippen molar-refractivity contribution in [1.29, 1.82) is 0 Å². The van der Waals surface area contributed by atoms with Gasteiger partial charge in [0.05, 0.1) is 6.67 Å². The Morgan fingerprint density at radius 1 is 1.00 bits per heavy atom. The zero-order valence-electron chi connectivity index (χ0n) is 4.50. The predicted molar refractivity (Wildman–Crippen MR) is 37.4 cm³/mol. The van der Waals surface area contributed by atoms with Crippen LogP contribution in [0, 0.1) is 0 Å². The highest BCUT2D eigenvalue weighted by Crippen LogP contribution is 1.73. The number of hydrogen-bond acceptors (Lipinski definition) is 4. The Labute approximate surface area is 57.2 Å². The van der Waals surface area contributed by atoms with E-state index in [1.807, 2.05) is 0 Å². The fourth-order valence-electron chi connectivity index (χ4n) is 0.296. The molecule has 0 saturated carbocycles. The van der Waals surface area contributed by atoms with Gasteiger partial charge >= 0.3 is 0 Å². The van der Waals surface area contributed by atoms with Gasteiger partial charge in [-0.1, -0.05) is 14.9 Å². The lowest BCUT2D eigenvalue weighted by Gasteiger charge is -2.11. The summed E-state index contributed by atoms with van der Waals surface area (Å²) < 4.78 is 0. The third-order valence-corrected chi connectivity index (χ3v) is 0.409. The van der Waals surface area contributed by atoms with E-state index in [-0.39, 0.29) is 21.5 Å². The molecular formula is C5H18N2O2. The van der Waals surface area contributed by atoms with Gasteiger partial charge in [-0.2, -0.15) is 10.1 Å². The first-order chi connectivity index (χ1) is 3.13. The second-order valence-corrected chi connectivity index (χ2v) is 1.46. The van der Waals surface area contributed by atoms with Crippen LogP contribution in [0.4, 0.5) is 0 Å². The third-order valence-electron chi connectivity index (χ3n) is 0.409. The van der Waals surface area contributed by atoms with Crippen LogP contribution in [0.3, 0.4) is 0 Å². The Kier molecular flexibility index (Phi) is 13.9. The van der Waals surface area contributed by atoms with Gasteiger partial charge in [-0.3, -0.25) is 0 Å². The highest BCUT2D eigenvalue weighted by Gasteiger charge is 1.91. The molecule has 0 atom stereocenters. The first-order valence-electron chi connectivity index (χ1n) is 1.93. The van der Waals surface area contributed by atoms with Gasteiger partial charge in [-0.15, -0.1) is 0 Å². The molecule has 0 rings (SSSR count). The van der Waals surface area contributed by atoms with Crippen LogP contribution in [0.1, 0.15) is 14.9 Å². The van der Waals surface area contributed by atoms with Crippen molar-refractivity contribution in [3.63, 3.8) is 0 Å². The van der Waals surface area contributed by atoms with Gasteiger partial charge in [0.1, 0.15) is 0 Å². The molecule has 4 heteroatoms. The topological polar surface area (TPSA) is 46.9 Å². The minimum absolute atomic E-state index is 0. The molecule has 9 heavy (non-hydrogen) atoms. The molecule has 0 unspecified atom stereocenters. The van der Waals surface area contributed by atoms with E-state index in [9.17, 15) is 0 Å². The Morgan fingerprint density at radius 2 is 1.22 bits per heavy atom. The zero-order valence-corrected chi connectivity index (χ0v) is 4.50. The molecule has 0 aromatic rings. The molecule has 0 amide bonds. The van der Waals surface area contributed by atoms with Gasteiger partial charge in [-0.25, -0.2) is 0 Å². The second-order valence-electron chi connectivity index (χ2n) is 1.46. The first-order valence-corrected chi connectivity index (χ1v) is 1.93. The Balaban J connectivity index is -0.000000180. The molecule has 0 bridgehead atoms. The van der Waals surface area contributed by atoms with Crippen LogP contribution < -0.4 is 0 Å². The van der Waals surface area contributed by atoms with E-state index in [4.69, 9.17) is 10.4 Å². The molecule has 0 aromatic carbocycles. The van der Waals surface area contributed by atoms with Crippen molar-refractivity contribution in [2.45, 2.75) is 14.9 Å². The van der Waals surface area contributed by atoms with Crippen LogP contribution in [-0.4, -0.2) is 41.3 Å². The minimum atomic E-state index is 0. The molecular weight excluding hydrogens is 120 g/mol. The summed E-state index contributed by atoms with van der Waals surface area (Å²) in [4.78, 5) is 0. The fourth-order valence-corrected chi connectivity index (χ4v) is 0.296. The number of nitrogens with zero attached hydrogens (tertiary/aromatic N) is 2. The lowest BCUT2D eigenvalue weighted by Crippen LogP contribution is -2.27. The molecule has 2 N–H and O–H groups in total. The maximum Gasteiger partial charge on any atom is 0.0988 e. The number of rotatable bonds is 2. The van der Waals surface area contributed by atoms with Crippen molar-refractivity contribution in [3.8, 4) is 0 Å². The van der Waals surface area contributed by atoms with Gasteiger partial charge in [-0.05, 0) is 0 Å². The average Bonchev–Trinajstić information content (AvgIpc) is 1.27. The smallest absolute Gasteiger partial charge is 0.0988 e. The van der Waals surface area contributed by atoms with Crippen LogP contribution in [-0.2, 0) is 0 Å². The second kappa shape index (κ2) is 7.84. The monoisotopic (exact) mass is 138 g/mol. The molecule has 0 aliphatic carbocycles. The van der Waals surface area contributed by atoms with Crippen molar-refractivity contribution in [2.75, 3.05) is 20.8 Å². The van der Waals surface area contributed by atoms with Crippen LogP contribution >= 0.6 is 0 Å². The molecule has 0 radical (unpaired) electrons. The molecule has 0 aliphatic rings. The summed E-state index contributed by atoms with van der Waals surface area (Å²) in [7, 11) is 2.90. The van der Waals surface area contributed by atoms with Crippen LogP contribution in [0.2, 0.25) is 0 Å². The molecule has 0 heterocycles. The van der Waals surface area contributed by atoms with E-state index >= 15 is 0 Å². The van der Waals surface area contributed by atoms with Gasteiger partial charge < -0.3 is 10.4 Å². The highest BCUT2D eigenvalue weighted by atomic mass is 16.5. The third kappa shape index (κ3) is 18.1. The molecule has 60 valence electrons. The van der Waals surface area contributed by atoms with Crippen molar-refractivity contribution in [2.24, 2.45) is 0 Å². The van der Waals surface area contributed by atoms with E-state index < -0.39 is 0 Å². The Morgan fingerprint density at radius 3 is 1.22 bits per heavy atom. The van der Waals surface area contributed by atoms with Crippen molar-refractivity contribution < 1.29 is 10.4 Å². The summed E-state index contributed by atoms with van der Waals surface area (Å²) in [5, 5.41) is 18.5. The van der Waals surface area contributed by atoms with E-state index in [1.165, 1.54) is 14.1 Å². The fraction of sp³-hybridized carbons (Fsp3) is 1.00. The summed E-state index contributed by atoms with van der Waals surface area (Å²) in [5.74, 6) is 0. The lowest BCUT2D eigenvalue weighted by molar-refractivity contribution is -0.179. The summed E-state index contributed by atoms with van der Waals surface area (Å²) in [6, 6.07) is 0. The molecule has 0 aliphatic heterocycles. The Hall–Kier alpha value is -0.160. The van der Waals surface area contributed by atoms with Crippen LogP contribution in [0.15, 0.2) is 0 Å². The van der Waals surface area contributed by atoms with E-state index in [2.05, 4.69) is 0 Å². The largest absolute Gasteiger partial charge is 0.313 e. The van der Waals surface area contributed by atoms with Gasteiger partial charge in [0, 0.05) is 14.1 Å². The highest BCUT2D eigenvalue weighted by molar-refractivity contribution is 4.21. The van der Waals surface area contributed by atoms with Crippen molar-refractivity contribution in [1.82, 2.24) is 10.1 Å². The van der Waals surface area contributed by atoms with Gasteiger partial charge in [0.2, 0.25) is 0 Å². The summed E-state index contributed by atoms with van der Waals surface area (Å²) in [6.45, 7) is 0.139. The van der Waals surface area contributed by atoms with E-state index in [0.717, 1.165) is 10.1 Å². The summed E-state index contributed by atoms with van der Waals surface area (Å²) in [5.41, 5.74) is 0. The predicted octanol–water partition coefficient (Wildman–Crippen LogP) is 0.858. The van der Waals surface area contributed by atoms with Crippen molar-refractivity contribution >= 4 is 0 Å². The SMILES string of the molecule is C.C.CN(O)CN(C)O. The standard InChI is InChI=1S/C3H10N2O2.2CH4/c1-4(6)3-5(2)7;;/h6-7H,3H2,1-2H3;2*1H4. The van der Waals surface area contributed by atoms with Gasteiger partial charge in [0.25, 0.3) is 0 Å². The minimum Gasteiger partial charge on any atom is -0.313 e. The average molecular weight is 138 g/mol. The summed E-state index contributed by atoms with van der Waals surface area (Å²) in [6.07, 6.45) is 0. The number of hydrogen-bond donors (Lipinski definition) is 2. The lowest BCUT2D eigenvalue weighted by atomic mass is 11.0. The first kappa shape index (κ1) is 15.9. The molecule has 0 aromatic heterocycles.